The van der Waals surface area contributed by atoms with Crippen LogP contribution < -0.4 is 5.32 Å². The van der Waals surface area contributed by atoms with Crippen molar-refractivity contribution in [2.45, 2.75) is 26.0 Å². The monoisotopic (exact) mass is 262 g/mol. The first kappa shape index (κ1) is 13.2. The van der Waals surface area contributed by atoms with E-state index in [-0.39, 0.29) is 0 Å². The van der Waals surface area contributed by atoms with Gasteiger partial charge in [0, 0.05) is 18.5 Å². The summed E-state index contributed by atoms with van der Waals surface area (Å²) in [4.78, 5) is 4.47. The number of nitrogens with one attached hydrogen (secondary N) is 1. The van der Waals surface area contributed by atoms with Gasteiger partial charge in [-0.25, -0.2) is 4.98 Å². The van der Waals surface area contributed by atoms with Gasteiger partial charge in [-0.1, -0.05) is 37.3 Å². The summed E-state index contributed by atoms with van der Waals surface area (Å²) in [6, 6.07) is 9.69. The molecule has 2 N–H and O–H groups in total. The normalized spacial score (nSPS) is 12.6. The molecular formula is C14H18N2OS. The molecule has 1 aromatic heterocycles. The molecule has 3 nitrogen and oxygen atoms in total. The van der Waals surface area contributed by atoms with Crippen LogP contribution in [0.5, 0.6) is 0 Å². The molecule has 1 atom stereocenters. The van der Waals surface area contributed by atoms with E-state index in [2.05, 4.69) is 22.6 Å². The van der Waals surface area contributed by atoms with Crippen LogP contribution >= 0.6 is 11.3 Å². The quantitative estimate of drug-likeness (QED) is 0.841. The van der Waals surface area contributed by atoms with Gasteiger partial charge in [-0.15, -0.1) is 11.3 Å². The van der Waals surface area contributed by atoms with E-state index in [1.165, 1.54) is 0 Å². The van der Waals surface area contributed by atoms with Gasteiger partial charge in [-0.05, 0) is 12.0 Å². The molecule has 1 aromatic carbocycles. The number of hydrogen-bond acceptors (Lipinski definition) is 4. The summed E-state index contributed by atoms with van der Waals surface area (Å²) in [5, 5.41) is 16.4. The lowest BCUT2D eigenvalue weighted by atomic mass is 10.1. The average molecular weight is 262 g/mol. The molecule has 0 saturated heterocycles. The van der Waals surface area contributed by atoms with Crippen LogP contribution in [0.15, 0.2) is 35.7 Å². The van der Waals surface area contributed by atoms with Gasteiger partial charge in [0.05, 0.1) is 16.8 Å². The highest BCUT2D eigenvalue weighted by atomic mass is 32.1. The Balaban J connectivity index is 1.78. The predicted octanol–water partition coefficient (Wildman–Crippen LogP) is 2.53. The number of nitrogens with zero attached hydrogens (tertiary/aromatic N) is 1. The summed E-state index contributed by atoms with van der Waals surface area (Å²) in [5.74, 6) is 0. The molecule has 0 bridgehead atoms. The number of aromatic nitrogens is 1. The summed E-state index contributed by atoms with van der Waals surface area (Å²) in [7, 11) is 0. The Kier molecular flexibility index (Phi) is 4.87. The first-order valence-electron chi connectivity index (χ1n) is 6.16. The van der Waals surface area contributed by atoms with Crippen LogP contribution in [0.3, 0.4) is 0 Å². The van der Waals surface area contributed by atoms with E-state index in [0.717, 1.165) is 22.7 Å². The van der Waals surface area contributed by atoms with Crippen LogP contribution in [-0.2, 0) is 13.0 Å². The molecule has 4 heteroatoms. The minimum absolute atomic E-state index is 0.463. The van der Waals surface area contributed by atoms with E-state index in [9.17, 15) is 5.11 Å². The standard InChI is InChI=1S/C14H18N2OS/c1-2-14-16-12(10-18-14)8-15-9-13(17)11-6-4-3-5-7-11/h3-7,10,13,15,17H,2,8-9H2,1H3. The Morgan fingerprint density at radius 3 is 2.78 bits per heavy atom. The fourth-order valence-electron chi connectivity index (χ4n) is 1.72. The van der Waals surface area contributed by atoms with Crippen molar-refractivity contribution in [3.05, 3.63) is 52.0 Å². The summed E-state index contributed by atoms with van der Waals surface area (Å²) in [6.07, 6.45) is 0.521. The lowest BCUT2D eigenvalue weighted by Crippen LogP contribution is -2.21. The summed E-state index contributed by atoms with van der Waals surface area (Å²) >= 11 is 1.69. The van der Waals surface area contributed by atoms with Crippen molar-refractivity contribution in [1.29, 1.82) is 0 Å². The van der Waals surface area contributed by atoms with Crippen molar-refractivity contribution in [2.24, 2.45) is 0 Å². The van der Waals surface area contributed by atoms with Crippen molar-refractivity contribution in [3.63, 3.8) is 0 Å². The molecule has 18 heavy (non-hydrogen) atoms. The zero-order valence-electron chi connectivity index (χ0n) is 10.5. The zero-order chi connectivity index (χ0) is 12.8. The summed E-state index contributed by atoms with van der Waals surface area (Å²) in [6.45, 7) is 3.36. The summed E-state index contributed by atoms with van der Waals surface area (Å²) < 4.78 is 0. The molecule has 0 spiro atoms. The zero-order valence-corrected chi connectivity index (χ0v) is 11.3. The largest absolute Gasteiger partial charge is 0.387 e. The fourth-order valence-corrected chi connectivity index (χ4v) is 2.47. The second-order valence-corrected chi connectivity index (χ2v) is 5.09. The highest BCUT2D eigenvalue weighted by molar-refractivity contribution is 7.09. The summed E-state index contributed by atoms with van der Waals surface area (Å²) in [5.41, 5.74) is 2.00. The number of aliphatic hydroxyl groups is 1. The number of hydrogen-bond donors (Lipinski definition) is 2. The van der Waals surface area contributed by atoms with Crippen LogP contribution in [0, 0.1) is 0 Å². The van der Waals surface area contributed by atoms with Gasteiger partial charge in [0.2, 0.25) is 0 Å². The lowest BCUT2D eigenvalue weighted by molar-refractivity contribution is 0.174. The average Bonchev–Trinajstić information content (AvgIpc) is 2.87. The van der Waals surface area contributed by atoms with E-state index in [1.54, 1.807) is 11.3 Å². The highest BCUT2D eigenvalue weighted by Gasteiger charge is 2.06. The van der Waals surface area contributed by atoms with Crippen molar-refractivity contribution in [1.82, 2.24) is 10.3 Å². The van der Waals surface area contributed by atoms with Gasteiger partial charge in [-0.3, -0.25) is 0 Å². The van der Waals surface area contributed by atoms with Gasteiger partial charge >= 0.3 is 0 Å². The molecule has 0 aliphatic heterocycles. The maximum Gasteiger partial charge on any atom is 0.0926 e. The minimum atomic E-state index is -0.463. The van der Waals surface area contributed by atoms with Crippen molar-refractivity contribution < 1.29 is 5.11 Å². The van der Waals surface area contributed by atoms with E-state index < -0.39 is 6.10 Å². The Morgan fingerprint density at radius 2 is 2.11 bits per heavy atom. The van der Waals surface area contributed by atoms with E-state index in [1.807, 2.05) is 30.3 Å². The third kappa shape index (κ3) is 3.63. The molecular weight excluding hydrogens is 244 g/mol. The first-order chi connectivity index (χ1) is 8.79. The van der Waals surface area contributed by atoms with Crippen LogP contribution in [0.2, 0.25) is 0 Å². The number of benzene rings is 1. The molecule has 96 valence electrons. The van der Waals surface area contributed by atoms with E-state index in [4.69, 9.17) is 0 Å². The second-order valence-electron chi connectivity index (χ2n) is 4.14. The van der Waals surface area contributed by atoms with Gasteiger partial charge in [0.15, 0.2) is 0 Å². The van der Waals surface area contributed by atoms with E-state index >= 15 is 0 Å². The third-order valence-corrected chi connectivity index (χ3v) is 3.77. The molecule has 0 radical (unpaired) electrons. The van der Waals surface area contributed by atoms with Gasteiger partial charge < -0.3 is 10.4 Å². The van der Waals surface area contributed by atoms with Gasteiger partial charge in [-0.2, -0.15) is 0 Å². The number of aryl methyl sites for hydroxylation is 1. The molecule has 0 aliphatic rings. The van der Waals surface area contributed by atoms with Crippen molar-refractivity contribution >= 4 is 11.3 Å². The molecule has 1 heterocycles. The van der Waals surface area contributed by atoms with Crippen LogP contribution in [0.25, 0.3) is 0 Å². The van der Waals surface area contributed by atoms with Crippen molar-refractivity contribution in [2.75, 3.05) is 6.54 Å². The Bertz CT molecular complexity index is 470. The maximum absolute atomic E-state index is 9.97. The smallest absolute Gasteiger partial charge is 0.0926 e. The first-order valence-corrected chi connectivity index (χ1v) is 7.04. The Hall–Kier alpha value is -1.23. The molecule has 0 saturated carbocycles. The van der Waals surface area contributed by atoms with Crippen molar-refractivity contribution in [3.8, 4) is 0 Å². The minimum Gasteiger partial charge on any atom is -0.387 e. The molecule has 1 unspecified atom stereocenters. The Morgan fingerprint density at radius 1 is 1.33 bits per heavy atom. The Labute approximate surface area is 112 Å². The lowest BCUT2D eigenvalue weighted by Gasteiger charge is -2.11. The SMILES string of the molecule is CCc1nc(CNCC(O)c2ccccc2)cs1. The molecule has 2 aromatic rings. The predicted molar refractivity (Wildman–Crippen MR) is 74.6 cm³/mol. The van der Waals surface area contributed by atoms with Gasteiger partial charge in [0.25, 0.3) is 0 Å². The van der Waals surface area contributed by atoms with Crippen LogP contribution in [-0.4, -0.2) is 16.6 Å². The van der Waals surface area contributed by atoms with E-state index in [0.29, 0.717) is 13.1 Å². The highest BCUT2D eigenvalue weighted by Crippen LogP contribution is 2.12. The fraction of sp³-hybridized carbons (Fsp3) is 0.357. The molecule has 0 amide bonds. The number of aliphatic hydroxyl groups excluding tert-OH is 1. The third-order valence-electron chi connectivity index (χ3n) is 2.73. The molecule has 0 fully saturated rings. The molecule has 2 rings (SSSR count). The topological polar surface area (TPSA) is 45.2 Å². The van der Waals surface area contributed by atoms with Gasteiger partial charge in [0.1, 0.15) is 0 Å². The van der Waals surface area contributed by atoms with Crippen LogP contribution in [0.4, 0.5) is 0 Å². The molecule has 0 aliphatic carbocycles. The number of thiazole rings is 1. The second kappa shape index (κ2) is 6.64. The maximum atomic E-state index is 9.97. The van der Waals surface area contributed by atoms with Crippen LogP contribution in [0.1, 0.15) is 29.3 Å². The number of rotatable bonds is 6.